The van der Waals surface area contributed by atoms with Gasteiger partial charge in [0.2, 0.25) is 5.91 Å². The number of hydrogen-bond donors (Lipinski definition) is 1. The highest BCUT2D eigenvalue weighted by Crippen LogP contribution is 2.34. The van der Waals surface area contributed by atoms with Crippen molar-refractivity contribution in [2.24, 2.45) is 5.92 Å². The molecular weight excluding hydrogens is 488 g/mol. The van der Waals surface area contributed by atoms with Gasteiger partial charge in [-0.25, -0.2) is 0 Å². The molecule has 2 aromatic carbocycles. The number of ether oxygens (including phenoxy) is 1. The van der Waals surface area contributed by atoms with E-state index in [1.54, 1.807) is 6.92 Å². The van der Waals surface area contributed by atoms with Gasteiger partial charge in [0, 0.05) is 79.7 Å². The van der Waals surface area contributed by atoms with Crippen molar-refractivity contribution in [3.05, 3.63) is 59.8 Å². The van der Waals surface area contributed by atoms with Gasteiger partial charge in [0.1, 0.15) is 0 Å². The second-order valence-electron chi connectivity index (χ2n) is 11.0. The number of carbonyl (C=O) groups excluding carboxylic acids is 1. The molecule has 2 fully saturated rings. The maximum Gasteiger partial charge on any atom is 0.223 e. The number of rotatable bonds is 6. The van der Waals surface area contributed by atoms with Crippen LogP contribution in [0, 0.1) is 19.8 Å². The third kappa shape index (κ3) is 5.02. The SMILES string of the molecule is CC(=O)N(CC1COC1)c1ccc(-c2c[nH]c3nnc(-c4cc(C)c(N5CCN(C)CC5)c(C)c4)cc23)cc1. The minimum absolute atomic E-state index is 0.0471. The fourth-order valence-electron chi connectivity index (χ4n) is 5.82. The summed E-state index contributed by atoms with van der Waals surface area (Å²) in [5.74, 6) is 0.452. The molecule has 0 aliphatic carbocycles. The molecule has 8 nitrogen and oxygen atoms in total. The first-order chi connectivity index (χ1) is 18.9. The van der Waals surface area contributed by atoms with Crippen molar-refractivity contribution in [1.29, 1.82) is 0 Å². The van der Waals surface area contributed by atoms with Crippen molar-refractivity contribution >= 4 is 28.3 Å². The van der Waals surface area contributed by atoms with Crippen LogP contribution in [0.1, 0.15) is 18.1 Å². The molecule has 2 aromatic heterocycles. The predicted molar refractivity (Wildman–Crippen MR) is 156 cm³/mol. The molecule has 0 spiro atoms. The van der Waals surface area contributed by atoms with Crippen LogP contribution in [-0.4, -0.2) is 79.0 Å². The summed E-state index contributed by atoms with van der Waals surface area (Å²) in [4.78, 5) is 22.3. The highest BCUT2D eigenvalue weighted by atomic mass is 16.5. The number of carbonyl (C=O) groups is 1. The molecule has 2 aliphatic heterocycles. The third-order valence-electron chi connectivity index (χ3n) is 8.06. The maximum absolute atomic E-state index is 12.3. The zero-order valence-corrected chi connectivity index (χ0v) is 23.2. The maximum atomic E-state index is 12.3. The fourth-order valence-corrected chi connectivity index (χ4v) is 5.82. The number of fused-ring (bicyclic) bond motifs is 1. The summed E-state index contributed by atoms with van der Waals surface area (Å²) in [6, 6.07) is 14.8. The average molecular weight is 525 g/mol. The summed E-state index contributed by atoms with van der Waals surface area (Å²) in [6.07, 6.45) is 1.99. The van der Waals surface area contributed by atoms with Crippen LogP contribution in [0.2, 0.25) is 0 Å². The lowest BCUT2D eigenvalue weighted by Crippen LogP contribution is -2.45. The van der Waals surface area contributed by atoms with Gasteiger partial charge in [-0.05, 0) is 67.9 Å². The van der Waals surface area contributed by atoms with Crippen LogP contribution in [0.25, 0.3) is 33.4 Å². The number of likely N-dealkylation sites (N-methyl/N-ethyl adjacent to an activating group) is 1. The number of piperazine rings is 1. The zero-order valence-electron chi connectivity index (χ0n) is 23.2. The number of aromatic amines is 1. The molecule has 1 N–H and O–H groups in total. The van der Waals surface area contributed by atoms with E-state index in [1.807, 2.05) is 23.2 Å². The lowest BCUT2D eigenvalue weighted by atomic mass is 9.99. The van der Waals surface area contributed by atoms with Gasteiger partial charge in [-0.1, -0.05) is 12.1 Å². The number of anilines is 2. The van der Waals surface area contributed by atoms with Crippen molar-refractivity contribution in [3.8, 4) is 22.4 Å². The molecule has 39 heavy (non-hydrogen) atoms. The van der Waals surface area contributed by atoms with Crippen molar-refractivity contribution in [3.63, 3.8) is 0 Å². The molecule has 2 saturated heterocycles. The van der Waals surface area contributed by atoms with E-state index >= 15 is 0 Å². The van der Waals surface area contributed by atoms with E-state index < -0.39 is 0 Å². The van der Waals surface area contributed by atoms with Crippen LogP contribution < -0.4 is 9.80 Å². The highest BCUT2D eigenvalue weighted by molar-refractivity contribution is 5.96. The van der Waals surface area contributed by atoms with E-state index in [1.165, 1.54) is 16.8 Å². The van der Waals surface area contributed by atoms with E-state index in [9.17, 15) is 4.79 Å². The Labute approximate surface area is 229 Å². The van der Waals surface area contributed by atoms with Gasteiger partial charge in [0.15, 0.2) is 5.65 Å². The Morgan fingerprint density at radius 2 is 1.69 bits per heavy atom. The van der Waals surface area contributed by atoms with Crippen molar-refractivity contribution in [1.82, 2.24) is 20.1 Å². The summed E-state index contributed by atoms with van der Waals surface area (Å²) in [6.45, 7) is 12.4. The van der Waals surface area contributed by atoms with Crippen molar-refractivity contribution < 1.29 is 9.53 Å². The number of nitrogens with zero attached hydrogens (tertiary/aromatic N) is 5. The van der Waals surface area contributed by atoms with E-state index in [-0.39, 0.29) is 5.91 Å². The Bertz CT molecular complexity index is 1480. The summed E-state index contributed by atoms with van der Waals surface area (Å²) in [5, 5.41) is 10.1. The van der Waals surface area contributed by atoms with Gasteiger partial charge in [-0.3, -0.25) is 4.79 Å². The second-order valence-corrected chi connectivity index (χ2v) is 11.0. The Morgan fingerprint density at radius 3 is 2.31 bits per heavy atom. The Hall–Kier alpha value is -3.75. The molecule has 0 saturated carbocycles. The first kappa shape index (κ1) is 25.5. The topological polar surface area (TPSA) is 77.6 Å². The number of nitrogens with one attached hydrogen (secondary N) is 1. The Balaban J connectivity index is 1.29. The van der Waals surface area contributed by atoms with E-state index in [2.05, 4.69) is 76.2 Å². The van der Waals surface area contributed by atoms with Gasteiger partial charge in [0.25, 0.3) is 0 Å². The third-order valence-corrected chi connectivity index (χ3v) is 8.06. The highest BCUT2D eigenvalue weighted by Gasteiger charge is 2.24. The Kier molecular flexibility index (Phi) is 6.83. The largest absolute Gasteiger partial charge is 0.381 e. The number of H-pyrrole nitrogens is 1. The molecule has 0 unspecified atom stereocenters. The van der Waals surface area contributed by atoms with E-state index in [4.69, 9.17) is 4.74 Å². The lowest BCUT2D eigenvalue weighted by Gasteiger charge is -2.36. The molecule has 8 heteroatoms. The Morgan fingerprint density at radius 1 is 1.00 bits per heavy atom. The predicted octanol–water partition coefficient (Wildman–Crippen LogP) is 4.66. The molecule has 202 valence electrons. The summed E-state index contributed by atoms with van der Waals surface area (Å²) < 4.78 is 5.30. The molecule has 0 radical (unpaired) electrons. The molecule has 2 aliphatic rings. The number of hydrogen-bond acceptors (Lipinski definition) is 6. The molecule has 4 heterocycles. The number of aryl methyl sites for hydroxylation is 2. The van der Waals surface area contributed by atoms with Crippen LogP contribution in [0.5, 0.6) is 0 Å². The van der Waals surface area contributed by atoms with Crippen LogP contribution >= 0.6 is 0 Å². The standard InChI is InChI=1S/C31H36N6O2/c1-20-13-25(14-21(2)30(20)36-11-9-35(4)10-12-36)29-15-27-28(16-32-31(27)34-33-29)24-5-7-26(8-6-24)37(22(3)38)17-23-18-39-19-23/h5-8,13-16,23H,9-12,17-19H2,1-4H3,(H,32,34). The normalized spacial score (nSPS) is 16.5. The zero-order chi connectivity index (χ0) is 27.1. The van der Waals surface area contributed by atoms with E-state index in [0.29, 0.717) is 12.5 Å². The van der Waals surface area contributed by atoms with Crippen LogP contribution in [0.15, 0.2) is 48.7 Å². The molecule has 0 bridgehead atoms. The monoisotopic (exact) mass is 524 g/mol. The summed E-state index contributed by atoms with van der Waals surface area (Å²) in [5.41, 5.74) is 9.62. The quantitative estimate of drug-likeness (QED) is 0.395. The number of amides is 1. The lowest BCUT2D eigenvalue weighted by molar-refractivity contribution is -0.117. The molecular formula is C31H36N6O2. The van der Waals surface area contributed by atoms with Crippen LogP contribution in [-0.2, 0) is 9.53 Å². The van der Waals surface area contributed by atoms with Gasteiger partial charge in [-0.15, -0.1) is 10.2 Å². The first-order valence-corrected chi connectivity index (χ1v) is 13.7. The average Bonchev–Trinajstić information content (AvgIpc) is 3.32. The fraction of sp³-hybridized carbons (Fsp3) is 0.387. The van der Waals surface area contributed by atoms with Crippen molar-refractivity contribution in [2.75, 3.05) is 62.8 Å². The minimum Gasteiger partial charge on any atom is -0.381 e. The molecule has 4 aromatic rings. The molecule has 0 atom stereocenters. The number of aromatic nitrogens is 3. The summed E-state index contributed by atoms with van der Waals surface area (Å²) >= 11 is 0. The summed E-state index contributed by atoms with van der Waals surface area (Å²) in [7, 11) is 2.19. The minimum atomic E-state index is 0.0471. The number of benzene rings is 2. The molecule has 1 amide bonds. The van der Waals surface area contributed by atoms with Crippen LogP contribution in [0.3, 0.4) is 0 Å². The first-order valence-electron chi connectivity index (χ1n) is 13.7. The molecule has 6 rings (SSSR count). The smallest absolute Gasteiger partial charge is 0.223 e. The van der Waals surface area contributed by atoms with Gasteiger partial charge in [-0.2, -0.15) is 0 Å². The second kappa shape index (κ2) is 10.4. The van der Waals surface area contributed by atoms with Gasteiger partial charge >= 0.3 is 0 Å². The van der Waals surface area contributed by atoms with Gasteiger partial charge in [0.05, 0.1) is 18.9 Å². The van der Waals surface area contributed by atoms with E-state index in [0.717, 1.165) is 78.5 Å². The van der Waals surface area contributed by atoms with Crippen LogP contribution in [0.4, 0.5) is 11.4 Å². The van der Waals surface area contributed by atoms with Crippen molar-refractivity contribution in [2.45, 2.75) is 20.8 Å². The van der Waals surface area contributed by atoms with Gasteiger partial charge < -0.3 is 24.4 Å².